The predicted molar refractivity (Wildman–Crippen MR) is 100 cm³/mol. The number of fused-ring (bicyclic) bond motifs is 1. The van der Waals surface area contributed by atoms with Crippen molar-refractivity contribution in [3.63, 3.8) is 0 Å². The lowest BCUT2D eigenvalue weighted by molar-refractivity contribution is 0.0558. The first-order valence-corrected chi connectivity index (χ1v) is 12.3. The van der Waals surface area contributed by atoms with Crippen molar-refractivity contribution in [3.05, 3.63) is 28.4 Å². The number of hydrogen-bond donors (Lipinski definition) is 2. The average Bonchev–Trinajstić information content (AvgIpc) is 2.92. The maximum Gasteiger partial charge on any atom is 0.399 e. The van der Waals surface area contributed by atoms with E-state index in [9.17, 15) is 21.8 Å². The third-order valence-electron chi connectivity index (χ3n) is 4.47. The lowest BCUT2D eigenvalue weighted by Gasteiger charge is -2.19. The molecule has 2 N–H and O–H groups in total. The molecule has 0 saturated carbocycles. The molecule has 1 aromatic carbocycles. The standard InChI is InChI=1S/C15H16BrF2N2O6PS/c16-12-6-9-8-19-14(26-4-3-10-2-1-5-28(10,24)25)20-13(9)7-11(12)15(17,18)27(21,22)23/h6-8,10H,1-5H2,(H2,21,22,23)/t10-/m0/s1. The number of nitrogens with zero attached hydrogens (tertiary/aromatic N) is 2. The van der Waals surface area contributed by atoms with Crippen LogP contribution in [0, 0.1) is 0 Å². The van der Waals surface area contributed by atoms with Crippen LogP contribution in [0.3, 0.4) is 0 Å². The Kier molecular flexibility index (Phi) is 5.81. The van der Waals surface area contributed by atoms with Gasteiger partial charge in [-0.1, -0.05) is 15.9 Å². The van der Waals surface area contributed by atoms with Crippen molar-refractivity contribution in [1.82, 2.24) is 9.97 Å². The van der Waals surface area contributed by atoms with Crippen molar-refractivity contribution in [3.8, 4) is 6.01 Å². The fourth-order valence-electron chi connectivity index (χ4n) is 2.96. The zero-order valence-electron chi connectivity index (χ0n) is 14.3. The van der Waals surface area contributed by atoms with E-state index in [0.717, 1.165) is 6.07 Å². The molecule has 0 radical (unpaired) electrons. The molecular formula is C15H16BrF2N2O6PS. The van der Waals surface area contributed by atoms with E-state index < -0.39 is 33.9 Å². The van der Waals surface area contributed by atoms with Crippen LogP contribution < -0.4 is 4.74 Å². The van der Waals surface area contributed by atoms with Gasteiger partial charge < -0.3 is 14.5 Å². The van der Waals surface area contributed by atoms with Gasteiger partial charge in [-0.2, -0.15) is 13.8 Å². The highest BCUT2D eigenvalue weighted by Gasteiger charge is 2.51. The monoisotopic (exact) mass is 500 g/mol. The van der Waals surface area contributed by atoms with Crippen LogP contribution in [0.15, 0.2) is 22.8 Å². The van der Waals surface area contributed by atoms with Crippen LogP contribution in [0.2, 0.25) is 0 Å². The van der Waals surface area contributed by atoms with E-state index in [1.54, 1.807) is 0 Å². The molecular weight excluding hydrogens is 485 g/mol. The molecule has 13 heteroatoms. The highest BCUT2D eigenvalue weighted by atomic mass is 79.9. The summed E-state index contributed by atoms with van der Waals surface area (Å²) in [5.41, 5.74) is -5.30. The maximum absolute atomic E-state index is 14.1. The molecule has 3 rings (SSSR count). The van der Waals surface area contributed by atoms with Crippen LogP contribution in [0.5, 0.6) is 6.01 Å². The van der Waals surface area contributed by atoms with Crippen LogP contribution >= 0.6 is 23.5 Å². The lowest BCUT2D eigenvalue weighted by atomic mass is 10.1. The highest BCUT2D eigenvalue weighted by molar-refractivity contribution is 9.10. The zero-order valence-corrected chi connectivity index (χ0v) is 17.6. The fraction of sp³-hybridized carbons (Fsp3) is 0.467. The first kappa shape index (κ1) is 21.5. The van der Waals surface area contributed by atoms with Crippen LogP contribution in [-0.4, -0.2) is 45.8 Å². The van der Waals surface area contributed by atoms with E-state index in [-0.39, 0.29) is 34.8 Å². The Labute approximate surface area is 167 Å². The summed E-state index contributed by atoms with van der Waals surface area (Å²) < 4.78 is 68.0. The lowest BCUT2D eigenvalue weighted by Crippen LogP contribution is -2.19. The van der Waals surface area contributed by atoms with Gasteiger partial charge in [-0.05, 0) is 31.4 Å². The van der Waals surface area contributed by atoms with E-state index in [0.29, 0.717) is 18.2 Å². The van der Waals surface area contributed by atoms with Crippen molar-refractivity contribution >= 4 is 44.3 Å². The number of sulfone groups is 1. The summed E-state index contributed by atoms with van der Waals surface area (Å²) in [5, 5.41) is -0.125. The second kappa shape index (κ2) is 7.56. The summed E-state index contributed by atoms with van der Waals surface area (Å²) in [6.07, 6.45) is 2.77. The Bertz CT molecular complexity index is 1060. The van der Waals surface area contributed by atoms with Gasteiger partial charge in [0, 0.05) is 21.6 Å². The molecule has 0 spiro atoms. The number of ether oxygens (including phenoxy) is 1. The topological polar surface area (TPSA) is 127 Å². The average molecular weight is 501 g/mol. The van der Waals surface area contributed by atoms with E-state index in [1.807, 2.05) is 0 Å². The minimum Gasteiger partial charge on any atom is -0.463 e. The van der Waals surface area contributed by atoms with E-state index in [2.05, 4.69) is 25.9 Å². The van der Waals surface area contributed by atoms with E-state index in [4.69, 9.17) is 14.5 Å². The SMILES string of the molecule is O=P(O)(O)C(F)(F)c1cc2nc(OCC[C@@H]3CCCS3(=O)=O)ncc2cc1Br. The molecule has 0 bridgehead atoms. The van der Waals surface area contributed by atoms with Crippen molar-refractivity contribution in [2.24, 2.45) is 0 Å². The highest BCUT2D eigenvalue weighted by Crippen LogP contribution is 2.60. The Morgan fingerprint density at radius 2 is 2.07 bits per heavy atom. The van der Waals surface area contributed by atoms with Crippen molar-refractivity contribution in [2.75, 3.05) is 12.4 Å². The van der Waals surface area contributed by atoms with E-state index in [1.165, 1.54) is 12.3 Å². The van der Waals surface area contributed by atoms with Crippen LogP contribution in [0.1, 0.15) is 24.8 Å². The zero-order chi connectivity index (χ0) is 20.7. The summed E-state index contributed by atoms with van der Waals surface area (Å²) >= 11 is 2.89. The second-order valence-electron chi connectivity index (χ2n) is 6.40. The van der Waals surface area contributed by atoms with Crippen LogP contribution in [0.25, 0.3) is 10.9 Å². The van der Waals surface area contributed by atoms with Crippen LogP contribution in [0.4, 0.5) is 8.78 Å². The van der Waals surface area contributed by atoms with Gasteiger partial charge >= 0.3 is 19.3 Å². The molecule has 2 aromatic rings. The molecule has 1 saturated heterocycles. The number of alkyl halides is 2. The molecule has 1 aliphatic heterocycles. The molecule has 0 aliphatic carbocycles. The molecule has 1 fully saturated rings. The summed E-state index contributed by atoms with van der Waals surface area (Å²) in [6.45, 7) is 0.0391. The Morgan fingerprint density at radius 3 is 2.68 bits per heavy atom. The number of hydrogen-bond acceptors (Lipinski definition) is 6. The predicted octanol–water partition coefficient (Wildman–Crippen LogP) is 2.97. The number of benzene rings is 1. The molecule has 1 aromatic heterocycles. The Hall–Kier alpha value is -1.20. The Morgan fingerprint density at radius 1 is 1.36 bits per heavy atom. The van der Waals surface area contributed by atoms with Gasteiger partial charge in [0.05, 0.1) is 23.1 Å². The second-order valence-corrected chi connectivity index (χ2v) is 11.3. The molecule has 0 unspecified atom stereocenters. The van der Waals surface area contributed by atoms with Crippen molar-refractivity contribution in [2.45, 2.75) is 30.2 Å². The van der Waals surface area contributed by atoms with E-state index >= 15 is 0 Å². The molecule has 28 heavy (non-hydrogen) atoms. The summed E-state index contributed by atoms with van der Waals surface area (Å²) in [4.78, 5) is 25.8. The minimum absolute atomic E-state index is 0.00446. The van der Waals surface area contributed by atoms with Gasteiger partial charge in [0.25, 0.3) is 0 Å². The summed E-state index contributed by atoms with van der Waals surface area (Å²) in [6, 6.07) is 1.94. The largest absolute Gasteiger partial charge is 0.463 e. The number of halogens is 3. The first-order valence-electron chi connectivity index (χ1n) is 8.16. The van der Waals surface area contributed by atoms with Gasteiger partial charge in [0.15, 0.2) is 9.84 Å². The molecule has 0 amide bonds. The third kappa shape index (κ3) is 4.20. The van der Waals surface area contributed by atoms with Crippen molar-refractivity contribution in [1.29, 1.82) is 0 Å². The molecule has 1 atom stereocenters. The van der Waals surface area contributed by atoms with Gasteiger partial charge in [-0.3, -0.25) is 4.57 Å². The van der Waals surface area contributed by atoms with Crippen molar-refractivity contribution < 1.29 is 36.3 Å². The first-order chi connectivity index (χ1) is 12.9. The normalized spacial score (nSPS) is 19.8. The molecule has 8 nitrogen and oxygen atoms in total. The minimum atomic E-state index is -5.74. The smallest absolute Gasteiger partial charge is 0.399 e. The van der Waals surface area contributed by atoms with Gasteiger partial charge in [-0.15, -0.1) is 0 Å². The number of aromatic nitrogens is 2. The summed E-state index contributed by atoms with van der Waals surface area (Å²) in [5.74, 6) is 0.162. The third-order valence-corrected chi connectivity index (χ3v) is 8.44. The summed E-state index contributed by atoms with van der Waals surface area (Å²) in [7, 11) is -8.84. The van der Waals surface area contributed by atoms with Crippen LogP contribution in [-0.2, 0) is 20.1 Å². The molecule has 1 aliphatic rings. The maximum atomic E-state index is 14.1. The van der Waals surface area contributed by atoms with Gasteiger partial charge in [0.2, 0.25) is 0 Å². The Balaban J connectivity index is 1.82. The van der Waals surface area contributed by atoms with Gasteiger partial charge in [0.1, 0.15) is 0 Å². The molecule has 2 heterocycles. The molecule has 154 valence electrons. The fourth-order valence-corrected chi connectivity index (χ4v) is 6.10. The quantitative estimate of drug-likeness (QED) is 0.579. The van der Waals surface area contributed by atoms with Gasteiger partial charge in [-0.25, -0.2) is 13.4 Å². The number of rotatable bonds is 6.